The minimum atomic E-state index is -3.08. The van der Waals surface area contributed by atoms with Gasteiger partial charge in [0.15, 0.2) is 9.84 Å². The van der Waals surface area contributed by atoms with Crippen molar-refractivity contribution >= 4 is 21.6 Å². The standard InChI is InChI=1S/C14H15FN4O3S/c15-10-2-3-13(19-6-1-5-16-19)12(8-10)18-14(20)17-11-4-7-23(21,22)9-11/h1-3,5-6,8,11H,4,7,9H2,(H2,17,18,20). The van der Waals surface area contributed by atoms with E-state index in [1.54, 1.807) is 18.5 Å². The topological polar surface area (TPSA) is 93.1 Å². The van der Waals surface area contributed by atoms with E-state index in [1.165, 1.54) is 22.9 Å². The van der Waals surface area contributed by atoms with Crippen molar-refractivity contribution in [2.24, 2.45) is 0 Å². The predicted molar refractivity (Wildman–Crippen MR) is 82.7 cm³/mol. The van der Waals surface area contributed by atoms with E-state index >= 15 is 0 Å². The largest absolute Gasteiger partial charge is 0.334 e. The van der Waals surface area contributed by atoms with Gasteiger partial charge in [0.2, 0.25) is 0 Å². The molecule has 1 unspecified atom stereocenters. The second-order valence-electron chi connectivity index (χ2n) is 5.31. The summed E-state index contributed by atoms with van der Waals surface area (Å²) in [7, 11) is -3.08. The highest BCUT2D eigenvalue weighted by atomic mass is 32.2. The van der Waals surface area contributed by atoms with E-state index < -0.39 is 27.7 Å². The first-order valence-electron chi connectivity index (χ1n) is 7.00. The Bertz CT molecular complexity index is 821. The number of aromatic nitrogens is 2. The zero-order chi connectivity index (χ0) is 16.4. The summed E-state index contributed by atoms with van der Waals surface area (Å²) < 4.78 is 37.8. The maximum atomic E-state index is 13.5. The quantitative estimate of drug-likeness (QED) is 0.883. The highest BCUT2D eigenvalue weighted by Crippen LogP contribution is 2.21. The van der Waals surface area contributed by atoms with Gasteiger partial charge in [0.1, 0.15) is 5.82 Å². The summed E-state index contributed by atoms with van der Waals surface area (Å²) in [5.41, 5.74) is 0.748. The number of rotatable bonds is 3. The molecule has 1 aromatic heterocycles. The third-order valence-electron chi connectivity index (χ3n) is 3.53. The zero-order valence-electron chi connectivity index (χ0n) is 12.1. The molecule has 2 N–H and O–H groups in total. The molecule has 2 amide bonds. The Morgan fingerprint density at radius 2 is 2.22 bits per heavy atom. The Balaban J connectivity index is 1.75. The number of carbonyl (C=O) groups is 1. The third kappa shape index (κ3) is 3.67. The summed E-state index contributed by atoms with van der Waals surface area (Å²) in [5, 5.41) is 9.19. The maximum Gasteiger partial charge on any atom is 0.319 e. The highest BCUT2D eigenvalue weighted by Gasteiger charge is 2.29. The number of halogens is 1. The molecule has 23 heavy (non-hydrogen) atoms. The summed E-state index contributed by atoms with van der Waals surface area (Å²) >= 11 is 0. The number of nitrogens with one attached hydrogen (secondary N) is 2. The van der Waals surface area contributed by atoms with Crippen LogP contribution >= 0.6 is 0 Å². The Morgan fingerprint density at radius 3 is 2.87 bits per heavy atom. The molecule has 7 nitrogen and oxygen atoms in total. The molecular formula is C14H15FN4O3S. The van der Waals surface area contributed by atoms with Crippen LogP contribution in [0.3, 0.4) is 0 Å². The van der Waals surface area contributed by atoms with Gasteiger partial charge < -0.3 is 10.6 Å². The van der Waals surface area contributed by atoms with Crippen molar-refractivity contribution in [3.8, 4) is 5.69 Å². The molecule has 2 heterocycles. The van der Waals surface area contributed by atoms with E-state index in [1.807, 2.05) is 0 Å². The first kappa shape index (κ1) is 15.5. The van der Waals surface area contributed by atoms with Gasteiger partial charge in [-0.3, -0.25) is 0 Å². The van der Waals surface area contributed by atoms with Gasteiger partial charge in [-0.15, -0.1) is 0 Å². The average Bonchev–Trinajstić information content (AvgIpc) is 3.09. The summed E-state index contributed by atoms with van der Waals surface area (Å²) in [6, 6.07) is 4.65. The monoisotopic (exact) mass is 338 g/mol. The first-order chi connectivity index (χ1) is 10.9. The molecule has 122 valence electrons. The predicted octanol–water partition coefficient (Wildman–Crippen LogP) is 1.32. The lowest BCUT2D eigenvalue weighted by Crippen LogP contribution is -2.38. The van der Waals surface area contributed by atoms with Crippen LogP contribution in [0.5, 0.6) is 0 Å². The Morgan fingerprint density at radius 1 is 1.39 bits per heavy atom. The highest BCUT2D eigenvalue weighted by molar-refractivity contribution is 7.91. The second-order valence-corrected chi connectivity index (χ2v) is 7.54. The van der Waals surface area contributed by atoms with Crippen LogP contribution in [0.1, 0.15) is 6.42 Å². The molecule has 2 aromatic rings. The van der Waals surface area contributed by atoms with Gasteiger partial charge in [-0.25, -0.2) is 22.3 Å². The molecular weight excluding hydrogens is 323 g/mol. The van der Waals surface area contributed by atoms with E-state index in [0.717, 1.165) is 0 Å². The maximum absolute atomic E-state index is 13.5. The molecule has 0 bridgehead atoms. The normalized spacial score (nSPS) is 19.4. The number of sulfone groups is 1. The van der Waals surface area contributed by atoms with Crippen molar-refractivity contribution < 1.29 is 17.6 Å². The summed E-state index contributed by atoms with van der Waals surface area (Å²) in [6.45, 7) is 0. The zero-order valence-corrected chi connectivity index (χ0v) is 12.9. The molecule has 1 fully saturated rings. The molecule has 0 spiro atoms. The lowest BCUT2D eigenvalue weighted by Gasteiger charge is -2.14. The molecule has 1 saturated heterocycles. The molecule has 0 saturated carbocycles. The molecule has 1 aliphatic rings. The SMILES string of the molecule is O=C(Nc1cc(F)ccc1-n1cccn1)NC1CCS(=O)(=O)C1. The number of urea groups is 1. The van der Waals surface area contributed by atoms with Gasteiger partial charge >= 0.3 is 6.03 Å². The molecule has 3 rings (SSSR count). The van der Waals surface area contributed by atoms with Gasteiger partial charge in [-0.1, -0.05) is 0 Å². The minimum Gasteiger partial charge on any atom is -0.334 e. The van der Waals surface area contributed by atoms with Crippen molar-refractivity contribution in [3.05, 3.63) is 42.5 Å². The molecule has 1 aliphatic heterocycles. The summed E-state index contributed by atoms with van der Waals surface area (Å²) in [5.74, 6) is -0.508. The number of benzene rings is 1. The minimum absolute atomic E-state index is 0.0659. The van der Waals surface area contributed by atoms with Crippen LogP contribution in [-0.4, -0.2) is 41.8 Å². The van der Waals surface area contributed by atoms with E-state index in [2.05, 4.69) is 15.7 Å². The lowest BCUT2D eigenvalue weighted by atomic mass is 10.2. The van der Waals surface area contributed by atoms with Crippen molar-refractivity contribution in [1.82, 2.24) is 15.1 Å². The van der Waals surface area contributed by atoms with Gasteiger partial charge in [-0.2, -0.15) is 5.10 Å². The van der Waals surface area contributed by atoms with Crippen molar-refractivity contribution in [1.29, 1.82) is 0 Å². The smallest absolute Gasteiger partial charge is 0.319 e. The van der Waals surface area contributed by atoms with Crippen LogP contribution in [0, 0.1) is 5.82 Å². The molecule has 0 aliphatic carbocycles. The fourth-order valence-corrected chi connectivity index (χ4v) is 4.15. The average molecular weight is 338 g/mol. The number of carbonyl (C=O) groups excluding carboxylic acids is 1. The Hall–Kier alpha value is -2.42. The Kier molecular flexibility index (Phi) is 4.03. The first-order valence-corrected chi connectivity index (χ1v) is 8.83. The number of hydrogen-bond donors (Lipinski definition) is 2. The number of hydrogen-bond acceptors (Lipinski definition) is 4. The second kappa shape index (κ2) is 5.99. The molecule has 1 atom stereocenters. The number of amides is 2. The van der Waals surface area contributed by atoms with Gasteiger partial charge in [-0.05, 0) is 30.7 Å². The van der Waals surface area contributed by atoms with Gasteiger partial charge in [0.05, 0.1) is 22.9 Å². The van der Waals surface area contributed by atoms with Crippen molar-refractivity contribution in [2.45, 2.75) is 12.5 Å². The van der Waals surface area contributed by atoms with Crippen LogP contribution in [-0.2, 0) is 9.84 Å². The fourth-order valence-electron chi connectivity index (χ4n) is 2.47. The lowest BCUT2D eigenvalue weighted by molar-refractivity contribution is 0.249. The number of nitrogens with zero attached hydrogens (tertiary/aromatic N) is 2. The van der Waals surface area contributed by atoms with Crippen LogP contribution in [0.15, 0.2) is 36.7 Å². The number of anilines is 1. The molecule has 1 aromatic carbocycles. The molecule has 0 radical (unpaired) electrons. The van der Waals surface area contributed by atoms with E-state index in [9.17, 15) is 17.6 Å². The fraction of sp³-hybridized carbons (Fsp3) is 0.286. The van der Waals surface area contributed by atoms with Crippen LogP contribution in [0.25, 0.3) is 5.69 Å². The summed E-state index contributed by atoms with van der Waals surface area (Å²) in [6.07, 6.45) is 3.61. The van der Waals surface area contributed by atoms with Crippen molar-refractivity contribution in [2.75, 3.05) is 16.8 Å². The third-order valence-corrected chi connectivity index (χ3v) is 5.29. The van der Waals surface area contributed by atoms with E-state index in [-0.39, 0.29) is 17.2 Å². The van der Waals surface area contributed by atoms with Gasteiger partial charge in [0, 0.05) is 18.4 Å². The van der Waals surface area contributed by atoms with Crippen LogP contribution in [0.2, 0.25) is 0 Å². The van der Waals surface area contributed by atoms with Crippen LogP contribution in [0.4, 0.5) is 14.9 Å². The summed E-state index contributed by atoms with van der Waals surface area (Å²) in [4.78, 5) is 12.0. The van der Waals surface area contributed by atoms with Gasteiger partial charge in [0.25, 0.3) is 0 Å². The van der Waals surface area contributed by atoms with Crippen LogP contribution < -0.4 is 10.6 Å². The Labute approximate surface area is 132 Å². The van der Waals surface area contributed by atoms with E-state index in [4.69, 9.17) is 0 Å². The van der Waals surface area contributed by atoms with Crippen molar-refractivity contribution in [3.63, 3.8) is 0 Å². The molecule has 9 heteroatoms. The van der Waals surface area contributed by atoms with E-state index in [0.29, 0.717) is 12.1 Å².